The minimum absolute atomic E-state index is 0.0282. The Morgan fingerprint density at radius 1 is 1.25 bits per heavy atom. The number of aryl methyl sites for hydroxylation is 1. The molecule has 9 nitrogen and oxygen atoms in total. The van der Waals surface area contributed by atoms with Gasteiger partial charge in [0.25, 0.3) is 0 Å². The molecule has 3 aromatic heterocycles. The van der Waals surface area contributed by atoms with Gasteiger partial charge in [0.1, 0.15) is 29.0 Å². The van der Waals surface area contributed by atoms with Crippen LogP contribution in [0.1, 0.15) is 51.5 Å². The van der Waals surface area contributed by atoms with Crippen molar-refractivity contribution in [2.45, 2.75) is 52.0 Å². The van der Waals surface area contributed by atoms with Crippen molar-refractivity contribution < 1.29 is 13.9 Å². The fourth-order valence-corrected chi connectivity index (χ4v) is 5.50. The van der Waals surface area contributed by atoms with Crippen molar-refractivity contribution in [1.82, 2.24) is 29.2 Å². The molecule has 4 aromatic rings. The Bertz CT molecular complexity index is 1540. The first-order chi connectivity index (χ1) is 19.0. The quantitative estimate of drug-likeness (QED) is 0.265. The number of ether oxygens (including phenoxy) is 1. The molecule has 1 N–H and O–H groups in total. The predicted molar refractivity (Wildman–Crippen MR) is 155 cm³/mol. The summed E-state index contributed by atoms with van der Waals surface area (Å²) in [6.45, 7) is 9.80. The summed E-state index contributed by atoms with van der Waals surface area (Å²) in [6, 6.07) is 9.36. The van der Waals surface area contributed by atoms with Gasteiger partial charge in [0.15, 0.2) is 5.82 Å². The lowest BCUT2D eigenvalue weighted by Crippen LogP contribution is -2.26. The first-order valence-electron chi connectivity index (χ1n) is 13.5. The number of pyridine rings is 1. The number of nitrogens with zero attached hydrogens (tertiary/aromatic N) is 6. The average molecular weight is 568 g/mol. The predicted octanol–water partition coefficient (Wildman–Crippen LogP) is 6.00. The normalized spacial score (nSPS) is 16.1. The number of imidazole rings is 1. The molecule has 0 saturated carbocycles. The van der Waals surface area contributed by atoms with Gasteiger partial charge in [0.05, 0.1) is 22.8 Å². The molecule has 0 amide bonds. The average Bonchev–Trinajstić information content (AvgIpc) is 3.59. The molecule has 11 heteroatoms. The Balaban J connectivity index is 1.42. The molecule has 1 saturated heterocycles. The van der Waals surface area contributed by atoms with Gasteiger partial charge >= 0.3 is 0 Å². The number of halogens is 2. The summed E-state index contributed by atoms with van der Waals surface area (Å²) >= 11 is 6.82. The summed E-state index contributed by atoms with van der Waals surface area (Å²) in [5.74, 6) is 2.33. The number of rotatable bonds is 9. The van der Waals surface area contributed by atoms with E-state index in [4.69, 9.17) is 26.4 Å². The van der Waals surface area contributed by atoms with Crippen LogP contribution in [0.15, 0.2) is 36.5 Å². The fourth-order valence-electron chi connectivity index (χ4n) is 5.17. The molecular formula is C29H35ClFN7O2. The summed E-state index contributed by atoms with van der Waals surface area (Å²) in [6.07, 6.45) is 2.79. The third kappa shape index (κ3) is 5.83. The van der Waals surface area contributed by atoms with Crippen molar-refractivity contribution in [2.24, 2.45) is 7.05 Å². The summed E-state index contributed by atoms with van der Waals surface area (Å²) in [5, 5.41) is 8.73. The molecule has 1 atom stereocenters. The van der Waals surface area contributed by atoms with E-state index in [0.717, 1.165) is 25.2 Å². The van der Waals surface area contributed by atoms with Crippen molar-refractivity contribution in [3.63, 3.8) is 0 Å². The number of hydrogen-bond acceptors (Lipinski definition) is 7. The summed E-state index contributed by atoms with van der Waals surface area (Å²) < 4.78 is 23.0. The number of anilines is 2. The van der Waals surface area contributed by atoms with Gasteiger partial charge in [-0.15, -0.1) is 0 Å². The number of nitrogens with one attached hydrogen (secondary N) is 1. The van der Waals surface area contributed by atoms with Gasteiger partial charge in [-0.1, -0.05) is 32.4 Å². The van der Waals surface area contributed by atoms with Crippen molar-refractivity contribution in [1.29, 1.82) is 0 Å². The van der Waals surface area contributed by atoms with E-state index in [0.29, 0.717) is 51.6 Å². The molecule has 1 aromatic carbocycles. The van der Waals surface area contributed by atoms with Crippen LogP contribution < -0.4 is 10.1 Å². The Labute approximate surface area is 238 Å². The smallest absolute Gasteiger partial charge is 0.209 e. The van der Waals surface area contributed by atoms with Crippen LogP contribution in [0, 0.1) is 0 Å². The van der Waals surface area contributed by atoms with Gasteiger partial charge in [0, 0.05) is 62.5 Å². The molecular weight excluding hydrogens is 533 g/mol. The van der Waals surface area contributed by atoms with E-state index in [1.807, 2.05) is 17.7 Å². The number of ketones is 1. The first kappa shape index (κ1) is 28.0. The van der Waals surface area contributed by atoms with Gasteiger partial charge in [-0.2, -0.15) is 5.10 Å². The second kappa shape index (κ2) is 11.2. The second-order valence-corrected chi connectivity index (χ2v) is 11.7. The Hall–Kier alpha value is -3.50. The van der Waals surface area contributed by atoms with Gasteiger partial charge in [-0.3, -0.25) is 19.4 Å². The maximum Gasteiger partial charge on any atom is 0.209 e. The van der Waals surface area contributed by atoms with Crippen LogP contribution in [0.3, 0.4) is 0 Å². The molecule has 212 valence electrons. The lowest BCUT2D eigenvalue weighted by Gasteiger charge is -2.23. The maximum atomic E-state index is 12.9. The number of Topliss-reactive ketones (excluding diaryl/α,β-unsaturated/α-hetero) is 1. The number of likely N-dealkylation sites (tertiary alicyclic amines) is 1. The maximum absolute atomic E-state index is 12.9. The fraction of sp³-hybridized carbons (Fsp3) is 0.448. The highest BCUT2D eigenvalue weighted by atomic mass is 35.5. The van der Waals surface area contributed by atoms with E-state index in [9.17, 15) is 9.18 Å². The zero-order valence-corrected chi connectivity index (χ0v) is 24.3. The van der Waals surface area contributed by atoms with E-state index in [2.05, 4.69) is 46.7 Å². The standard InChI is InChI=1S/C29H35ClFN7O2/c1-18(39)14-19-15-21(8-11-32-19)40-23-7-6-22-27(26(23)30)36(5)28(33-22)34-25-16-24(29(2,3)4)38(35-25)20-9-12-37(17-20)13-10-31/h6-8,11,15-16,20H,9-10,12-14,17H2,1-5H3,(H,33,34,35)/t20-/m1/s1. The van der Waals surface area contributed by atoms with E-state index in [1.165, 1.54) is 6.92 Å². The second-order valence-electron chi connectivity index (χ2n) is 11.4. The number of fused-ring (bicyclic) bond motifs is 1. The zero-order valence-electron chi connectivity index (χ0n) is 23.5. The third-order valence-electron chi connectivity index (χ3n) is 7.12. The highest BCUT2D eigenvalue weighted by molar-refractivity contribution is 6.36. The Morgan fingerprint density at radius 2 is 2.05 bits per heavy atom. The molecule has 1 aliphatic heterocycles. The third-order valence-corrected chi connectivity index (χ3v) is 7.49. The lowest BCUT2D eigenvalue weighted by atomic mass is 9.91. The largest absolute Gasteiger partial charge is 0.456 e. The van der Waals surface area contributed by atoms with E-state index < -0.39 is 0 Å². The molecule has 0 bridgehead atoms. The van der Waals surface area contributed by atoms with Crippen LogP contribution in [0.25, 0.3) is 11.0 Å². The number of aromatic nitrogens is 5. The number of carbonyl (C=O) groups excluding carboxylic acids is 1. The van der Waals surface area contributed by atoms with Crippen LogP contribution in [-0.2, 0) is 23.7 Å². The molecule has 5 rings (SSSR count). The zero-order chi connectivity index (χ0) is 28.6. The summed E-state index contributed by atoms with van der Waals surface area (Å²) in [4.78, 5) is 22.6. The van der Waals surface area contributed by atoms with E-state index >= 15 is 0 Å². The Morgan fingerprint density at radius 3 is 2.77 bits per heavy atom. The first-order valence-corrected chi connectivity index (χ1v) is 13.8. The number of benzene rings is 1. The number of carbonyl (C=O) groups is 1. The summed E-state index contributed by atoms with van der Waals surface area (Å²) in [7, 11) is 1.89. The molecule has 0 radical (unpaired) electrons. The van der Waals surface area contributed by atoms with Gasteiger partial charge in [-0.05, 0) is 31.5 Å². The van der Waals surface area contributed by atoms with Gasteiger partial charge in [0.2, 0.25) is 5.95 Å². The number of hydrogen-bond donors (Lipinski definition) is 1. The molecule has 0 aliphatic carbocycles. The molecule has 0 spiro atoms. The van der Waals surface area contributed by atoms with Crippen LogP contribution in [0.2, 0.25) is 5.02 Å². The van der Waals surface area contributed by atoms with Crippen molar-refractivity contribution in [3.05, 3.63) is 52.9 Å². The van der Waals surface area contributed by atoms with Gasteiger partial charge in [-0.25, -0.2) is 9.37 Å². The highest BCUT2D eigenvalue weighted by Gasteiger charge is 2.30. The van der Waals surface area contributed by atoms with Crippen LogP contribution >= 0.6 is 11.6 Å². The Kier molecular flexibility index (Phi) is 7.83. The molecule has 0 unspecified atom stereocenters. The molecule has 1 fully saturated rings. The van der Waals surface area contributed by atoms with Crippen molar-refractivity contribution >= 4 is 40.2 Å². The topological polar surface area (TPSA) is 90.1 Å². The van der Waals surface area contributed by atoms with Crippen LogP contribution in [-0.4, -0.2) is 61.3 Å². The monoisotopic (exact) mass is 567 g/mol. The van der Waals surface area contributed by atoms with Crippen molar-refractivity contribution in [2.75, 3.05) is 31.6 Å². The van der Waals surface area contributed by atoms with E-state index in [-0.39, 0.29) is 30.3 Å². The molecule has 4 heterocycles. The number of alkyl halides is 1. The minimum Gasteiger partial charge on any atom is -0.456 e. The lowest BCUT2D eigenvalue weighted by molar-refractivity contribution is -0.116. The van der Waals surface area contributed by atoms with Crippen LogP contribution in [0.4, 0.5) is 16.2 Å². The SMILES string of the molecule is CC(=O)Cc1cc(Oc2ccc3nc(Nc4cc(C(C)(C)C)n([C@@H]5CCN(CCF)C5)n4)n(C)c3c2Cl)ccn1. The van der Waals surface area contributed by atoms with Crippen molar-refractivity contribution in [3.8, 4) is 11.5 Å². The van der Waals surface area contributed by atoms with E-state index in [1.54, 1.807) is 24.4 Å². The summed E-state index contributed by atoms with van der Waals surface area (Å²) in [5.41, 5.74) is 3.04. The molecule has 1 aliphatic rings. The van der Waals surface area contributed by atoms with Crippen LogP contribution in [0.5, 0.6) is 11.5 Å². The van der Waals surface area contributed by atoms with Gasteiger partial charge < -0.3 is 14.6 Å². The minimum atomic E-state index is -0.337. The molecule has 40 heavy (non-hydrogen) atoms. The highest BCUT2D eigenvalue weighted by Crippen LogP contribution is 2.38.